The minimum absolute atomic E-state index is 0.188. The lowest BCUT2D eigenvalue weighted by Gasteiger charge is -2.29. The van der Waals surface area contributed by atoms with Crippen LogP contribution in [0.25, 0.3) is 0 Å². The lowest BCUT2D eigenvalue weighted by molar-refractivity contribution is -0.140. The number of ether oxygens (including phenoxy) is 3. The Morgan fingerprint density at radius 2 is 2.06 bits per heavy atom. The third kappa shape index (κ3) is 7.12. The topological polar surface area (TPSA) is 71.8 Å². The van der Waals surface area contributed by atoms with E-state index in [1.165, 1.54) is 19.8 Å². The molecule has 0 N–H and O–H groups in total. The Hall–Kier alpha value is -2.30. The summed E-state index contributed by atoms with van der Waals surface area (Å²) in [7, 11) is -1.20. The molecule has 3 rings (SSSR count). The Kier molecular flexibility index (Phi) is 7.79. The number of aryl methyl sites for hydroxylation is 1. The molecular weight excluding hydrogens is 408 g/mol. The number of carbonyl (C=O) groups excluding carboxylic acids is 1. The summed E-state index contributed by atoms with van der Waals surface area (Å²) in [4.78, 5) is 13.5. The van der Waals surface area contributed by atoms with Crippen molar-refractivity contribution in [3.8, 4) is 11.8 Å². The van der Waals surface area contributed by atoms with E-state index < -0.39 is 8.07 Å². The number of rotatable bonds is 10. The van der Waals surface area contributed by atoms with Crippen LogP contribution >= 0.6 is 0 Å². The zero-order valence-electron chi connectivity index (χ0n) is 19.2. The molecule has 168 valence electrons. The Morgan fingerprint density at radius 3 is 2.71 bits per heavy atom. The van der Waals surface area contributed by atoms with E-state index >= 15 is 0 Å². The van der Waals surface area contributed by atoms with Crippen molar-refractivity contribution in [2.45, 2.75) is 58.3 Å². The molecule has 1 aliphatic heterocycles. The van der Waals surface area contributed by atoms with Gasteiger partial charge in [0, 0.05) is 27.3 Å². The van der Waals surface area contributed by atoms with Crippen LogP contribution in [0.4, 0.5) is 5.69 Å². The van der Waals surface area contributed by atoms with Crippen molar-refractivity contribution >= 4 is 19.7 Å². The van der Waals surface area contributed by atoms with Crippen molar-refractivity contribution < 1.29 is 19.0 Å². The Labute approximate surface area is 186 Å². The van der Waals surface area contributed by atoms with Gasteiger partial charge in [0.25, 0.3) is 0 Å². The number of nitrogens with zero attached hydrogens (tertiary/aromatic N) is 2. The Bertz CT molecular complexity index is 866. The summed E-state index contributed by atoms with van der Waals surface area (Å²) in [6.07, 6.45) is 6.16. The number of carbonyl (C=O) groups is 1. The average Bonchev–Trinajstić information content (AvgIpc) is 3.54. The summed E-state index contributed by atoms with van der Waals surface area (Å²) in [5.41, 5.74) is 3.46. The van der Waals surface area contributed by atoms with Crippen LogP contribution in [0.15, 0.2) is 23.9 Å². The number of benzene rings is 1. The second kappa shape index (κ2) is 10.3. The number of hydrogen-bond acceptors (Lipinski definition) is 6. The van der Waals surface area contributed by atoms with Gasteiger partial charge in [0.2, 0.25) is 0 Å². The highest BCUT2D eigenvalue weighted by Gasteiger charge is 2.25. The molecule has 0 aromatic heterocycles. The van der Waals surface area contributed by atoms with Crippen molar-refractivity contribution in [2.24, 2.45) is 5.92 Å². The van der Waals surface area contributed by atoms with Gasteiger partial charge < -0.3 is 19.1 Å². The van der Waals surface area contributed by atoms with Crippen LogP contribution in [-0.2, 0) is 20.7 Å². The van der Waals surface area contributed by atoms with Gasteiger partial charge in [0.15, 0.2) is 0 Å². The van der Waals surface area contributed by atoms with Crippen molar-refractivity contribution in [3.63, 3.8) is 0 Å². The van der Waals surface area contributed by atoms with Crippen molar-refractivity contribution in [1.29, 1.82) is 5.26 Å². The third-order valence-electron chi connectivity index (χ3n) is 5.54. The molecule has 1 aliphatic carbocycles. The van der Waals surface area contributed by atoms with E-state index in [9.17, 15) is 10.1 Å². The van der Waals surface area contributed by atoms with Crippen LogP contribution in [0.2, 0.25) is 25.7 Å². The van der Waals surface area contributed by atoms with E-state index in [-0.39, 0.29) is 12.6 Å². The zero-order chi connectivity index (χ0) is 22.4. The molecule has 1 saturated carbocycles. The van der Waals surface area contributed by atoms with Crippen molar-refractivity contribution in [3.05, 3.63) is 35.0 Å². The fourth-order valence-electron chi connectivity index (χ4n) is 3.42. The molecule has 0 radical (unpaired) electrons. The molecule has 0 unspecified atom stereocenters. The van der Waals surface area contributed by atoms with Crippen LogP contribution in [0.3, 0.4) is 0 Å². The molecule has 2 aliphatic rings. The molecule has 1 fully saturated rings. The molecular formula is C24H34N2O4Si. The minimum atomic E-state index is -1.20. The fraction of sp³-hybridized carbons (Fsp3) is 0.583. The predicted molar refractivity (Wildman–Crippen MR) is 124 cm³/mol. The van der Waals surface area contributed by atoms with E-state index in [0.29, 0.717) is 37.2 Å². The highest BCUT2D eigenvalue weighted by Crippen LogP contribution is 2.36. The second-order valence-corrected chi connectivity index (χ2v) is 15.3. The maximum atomic E-state index is 11.4. The molecule has 6 nitrogen and oxygen atoms in total. The second-order valence-electron chi connectivity index (χ2n) is 9.63. The molecule has 1 aromatic carbocycles. The SMILES string of the molecule is CC(=O)OCC1=CCCc2cc(OCC3CC3)c(C#N)cc2N1COCC[Si](C)(C)C. The molecule has 1 aromatic rings. The lowest BCUT2D eigenvalue weighted by Crippen LogP contribution is -2.30. The first-order chi connectivity index (χ1) is 14.8. The van der Waals surface area contributed by atoms with Gasteiger partial charge in [-0.1, -0.05) is 25.7 Å². The van der Waals surface area contributed by atoms with Gasteiger partial charge in [0.05, 0.1) is 17.9 Å². The quantitative estimate of drug-likeness (QED) is 0.293. The predicted octanol–water partition coefficient (Wildman–Crippen LogP) is 4.86. The van der Waals surface area contributed by atoms with E-state index in [4.69, 9.17) is 14.2 Å². The molecule has 0 spiro atoms. The normalized spacial score (nSPS) is 16.1. The van der Waals surface area contributed by atoms with Crippen LogP contribution in [0, 0.1) is 17.2 Å². The standard InChI is InChI=1S/C24H34N2O4Si/c1-18(27)29-16-22-7-5-6-20-13-24(30-15-19-8-9-19)21(14-25)12-23(20)26(22)17-28-10-11-31(2,3)4/h7,12-13,19H,5-6,8-11,15-17H2,1-4H3. The van der Waals surface area contributed by atoms with Gasteiger partial charge in [-0.15, -0.1) is 0 Å². The molecule has 0 bridgehead atoms. The van der Waals surface area contributed by atoms with Gasteiger partial charge in [-0.3, -0.25) is 4.79 Å². The Morgan fingerprint density at radius 1 is 1.29 bits per heavy atom. The van der Waals surface area contributed by atoms with Gasteiger partial charge >= 0.3 is 5.97 Å². The third-order valence-corrected chi connectivity index (χ3v) is 7.25. The van der Waals surface area contributed by atoms with Crippen LogP contribution in [-0.4, -0.2) is 40.6 Å². The van der Waals surface area contributed by atoms with E-state index in [1.807, 2.05) is 17.0 Å². The average molecular weight is 443 g/mol. The molecule has 0 atom stereocenters. The van der Waals surface area contributed by atoms with Crippen molar-refractivity contribution in [1.82, 2.24) is 0 Å². The smallest absolute Gasteiger partial charge is 0.303 e. The van der Waals surface area contributed by atoms with E-state index in [1.54, 1.807) is 0 Å². The summed E-state index contributed by atoms with van der Waals surface area (Å²) in [5.74, 6) is 0.973. The number of nitriles is 1. The monoisotopic (exact) mass is 442 g/mol. The van der Waals surface area contributed by atoms with Crippen molar-refractivity contribution in [2.75, 3.05) is 31.5 Å². The minimum Gasteiger partial charge on any atom is -0.492 e. The number of esters is 1. The molecule has 7 heteroatoms. The summed E-state index contributed by atoms with van der Waals surface area (Å²) < 4.78 is 17.3. The Balaban J connectivity index is 1.84. The summed E-state index contributed by atoms with van der Waals surface area (Å²) in [5, 5.41) is 9.74. The number of hydrogen-bond donors (Lipinski definition) is 0. The maximum Gasteiger partial charge on any atom is 0.303 e. The van der Waals surface area contributed by atoms with E-state index in [2.05, 4.69) is 31.8 Å². The highest BCUT2D eigenvalue weighted by molar-refractivity contribution is 6.76. The lowest BCUT2D eigenvalue weighted by atomic mass is 10.0. The molecule has 0 saturated heterocycles. The first-order valence-electron chi connectivity index (χ1n) is 11.1. The van der Waals surface area contributed by atoms with Gasteiger partial charge in [-0.25, -0.2) is 0 Å². The molecule has 0 amide bonds. The number of fused-ring (bicyclic) bond motifs is 1. The van der Waals surface area contributed by atoms with Gasteiger partial charge in [-0.05, 0) is 55.3 Å². The maximum absolute atomic E-state index is 11.4. The van der Waals surface area contributed by atoms with Crippen LogP contribution < -0.4 is 9.64 Å². The summed E-state index contributed by atoms with van der Waals surface area (Å²) >= 11 is 0. The van der Waals surface area contributed by atoms with Crippen LogP contribution in [0.1, 0.15) is 37.3 Å². The summed E-state index contributed by atoms with van der Waals surface area (Å²) in [6, 6.07) is 7.27. The number of allylic oxidation sites excluding steroid dienone is 1. The van der Waals surface area contributed by atoms with Crippen LogP contribution in [0.5, 0.6) is 5.75 Å². The first-order valence-corrected chi connectivity index (χ1v) is 14.8. The number of anilines is 1. The van der Waals surface area contributed by atoms with E-state index in [0.717, 1.165) is 35.8 Å². The zero-order valence-corrected chi connectivity index (χ0v) is 20.2. The van der Waals surface area contributed by atoms with Gasteiger partial charge in [-0.2, -0.15) is 5.26 Å². The fourth-order valence-corrected chi connectivity index (χ4v) is 4.18. The molecule has 31 heavy (non-hydrogen) atoms. The largest absolute Gasteiger partial charge is 0.492 e. The summed E-state index contributed by atoms with van der Waals surface area (Å²) in [6.45, 7) is 10.3. The first kappa shape index (κ1) is 23.4. The highest BCUT2D eigenvalue weighted by atomic mass is 28.3. The van der Waals surface area contributed by atoms with Gasteiger partial charge in [0.1, 0.15) is 25.2 Å². The molecule has 1 heterocycles.